The maximum absolute atomic E-state index is 3.67. The third-order valence-corrected chi connectivity index (χ3v) is 3.45. The van der Waals surface area contributed by atoms with Gasteiger partial charge in [-0.15, -0.1) is 0 Å². The van der Waals surface area contributed by atoms with Gasteiger partial charge in [-0.25, -0.2) is 0 Å². The van der Waals surface area contributed by atoms with Crippen molar-refractivity contribution < 1.29 is 0 Å². The standard InChI is InChI=1S/C12H26N2/c1-4-14(5-2)9-8-13-12-7-6-11(3)10-12/h11-13H,4-10H2,1-3H3/t11-,12+/m1/s1. The number of likely N-dealkylation sites (N-methyl/N-ethyl adjacent to an activating group) is 1. The van der Waals surface area contributed by atoms with Gasteiger partial charge in [-0.3, -0.25) is 0 Å². The molecule has 0 heterocycles. The van der Waals surface area contributed by atoms with Crippen LogP contribution in [-0.4, -0.2) is 37.1 Å². The van der Waals surface area contributed by atoms with Crippen LogP contribution in [0.3, 0.4) is 0 Å². The van der Waals surface area contributed by atoms with Gasteiger partial charge in [-0.2, -0.15) is 0 Å². The lowest BCUT2D eigenvalue weighted by molar-refractivity contribution is 0.295. The van der Waals surface area contributed by atoms with Crippen molar-refractivity contribution in [3.8, 4) is 0 Å². The molecule has 0 saturated heterocycles. The van der Waals surface area contributed by atoms with Gasteiger partial charge in [0, 0.05) is 19.1 Å². The molecule has 0 aromatic rings. The van der Waals surface area contributed by atoms with E-state index >= 15 is 0 Å². The molecular weight excluding hydrogens is 172 g/mol. The molecule has 0 bridgehead atoms. The lowest BCUT2D eigenvalue weighted by Gasteiger charge is -2.20. The fourth-order valence-electron chi connectivity index (χ4n) is 2.36. The van der Waals surface area contributed by atoms with Crippen molar-refractivity contribution in [1.29, 1.82) is 0 Å². The van der Waals surface area contributed by atoms with Crippen LogP contribution in [-0.2, 0) is 0 Å². The zero-order valence-electron chi connectivity index (χ0n) is 10.1. The van der Waals surface area contributed by atoms with Crippen LogP contribution >= 0.6 is 0 Å². The Balaban J connectivity index is 2.03. The van der Waals surface area contributed by atoms with E-state index in [-0.39, 0.29) is 0 Å². The van der Waals surface area contributed by atoms with Gasteiger partial charge < -0.3 is 10.2 Å². The van der Waals surface area contributed by atoms with Crippen LogP contribution in [0.4, 0.5) is 0 Å². The molecule has 1 saturated carbocycles. The van der Waals surface area contributed by atoms with Crippen molar-refractivity contribution in [2.45, 2.75) is 46.1 Å². The zero-order valence-corrected chi connectivity index (χ0v) is 10.1. The number of nitrogens with one attached hydrogen (secondary N) is 1. The number of nitrogens with zero attached hydrogens (tertiary/aromatic N) is 1. The second-order valence-corrected chi connectivity index (χ2v) is 4.60. The molecule has 0 aromatic heterocycles. The highest BCUT2D eigenvalue weighted by Crippen LogP contribution is 2.24. The molecule has 2 heteroatoms. The lowest BCUT2D eigenvalue weighted by atomic mass is 10.1. The molecule has 1 aliphatic rings. The summed E-state index contributed by atoms with van der Waals surface area (Å²) in [6.07, 6.45) is 4.20. The summed E-state index contributed by atoms with van der Waals surface area (Å²) in [6.45, 7) is 11.6. The summed E-state index contributed by atoms with van der Waals surface area (Å²) in [5, 5.41) is 3.67. The highest BCUT2D eigenvalue weighted by Gasteiger charge is 2.20. The van der Waals surface area contributed by atoms with E-state index in [2.05, 4.69) is 31.0 Å². The van der Waals surface area contributed by atoms with E-state index in [1.165, 1.54) is 45.4 Å². The molecule has 2 nitrogen and oxygen atoms in total. The van der Waals surface area contributed by atoms with Crippen LogP contribution in [0.5, 0.6) is 0 Å². The van der Waals surface area contributed by atoms with Crippen LogP contribution < -0.4 is 5.32 Å². The largest absolute Gasteiger partial charge is 0.313 e. The maximum Gasteiger partial charge on any atom is 0.0107 e. The van der Waals surface area contributed by atoms with Crippen LogP contribution in [0.15, 0.2) is 0 Å². The predicted octanol–water partition coefficient (Wildman–Crippen LogP) is 2.11. The summed E-state index contributed by atoms with van der Waals surface area (Å²) >= 11 is 0. The molecule has 0 aromatic carbocycles. The highest BCUT2D eigenvalue weighted by molar-refractivity contribution is 4.78. The van der Waals surface area contributed by atoms with Crippen molar-refractivity contribution in [2.75, 3.05) is 26.2 Å². The van der Waals surface area contributed by atoms with Crippen molar-refractivity contribution in [1.82, 2.24) is 10.2 Å². The van der Waals surface area contributed by atoms with Gasteiger partial charge in [0.25, 0.3) is 0 Å². The second-order valence-electron chi connectivity index (χ2n) is 4.60. The molecule has 0 spiro atoms. The molecule has 1 rings (SSSR count). The van der Waals surface area contributed by atoms with Crippen molar-refractivity contribution in [3.05, 3.63) is 0 Å². The monoisotopic (exact) mass is 198 g/mol. The Hall–Kier alpha value is -0.0800. The van der Waals surface area contributed by atoms with Crippen LogP contribution in [0.25, 0.3) is 0 Å². The molecule has 1 N–H and O–H groups in total. The molecule has 2 atom stereocenters. The van der Waals surface area contributed by atoms with E-state index in [9.17, 15) is 0 Å². The average molecular weight is 198 g/mol. The maximum atomic E-state index is 3.67. The summed E-state index contributed by atoms with van der Waals surface area (Å²) in [4.78, 5) is 2.48. The summed E-state index contributed by atoms with van der Waals surface area (Å²) in [5.41, 5.74) is 0. The molecule has 0 amide bonds. The predicted molar refractivity (Wildman–Crippen MR) is 62.6 cm³/mol. The molecule has 0 radical (unpaired) electrons. The van der Waals surface area contributed by atoms with Crippen LogP contribution in [0.2, 0.25) is 0 Å². The van der Waals surface area contributed by atoms with Gasteiger partial charge in [0.15, 0.2) is 0 Å². The Bertz CT molecular complexity index is 143. The van der Waals surface area contributed by atoms with E-state index in [1.54, 1.807) is 0 Å². The van der Waals surface area contributed by atoms with Crippen LogP contribution in [0, 0.1) is 5.92 Å². The molecular formula is C12H26N2. The van der Waals surface area contributed by atoms with E-state index in [1.807, 2.05) is 0 Å². The van der Waals surface area contributed by atoms with Gasteiger partial charge in [0.1, 0.15) is 0 Å². The van der Waals surface area contributed by atoms with E-state index in [0.717, 1.165) is 12.0 Å². The summed E-state index contributed by atoms with van der Waals surface area (Å²) in [5.74, 6) is 0.945. The molecule has 1 aliphatic carbocycles. The Morgan fingerprint density at radius 3 is 2.43 bits per heavy atom. The molecule has 0 unspecified atom stereocenters. The Morgan fingerprint density at radius 1 is 1.21 bits per heavy atom. The Labute approximate surface area is 89.1 Å². The van der Waals surface area contributed by atoms with Gasteiger partial charge in [0.2, 0.25) is 0 Å². The summed E-state index contributed by atoms with van der Waals surface area (Å²) < 4.78 is 0. The smallest absolute Gasteiger partial charge is 0.0107 e. The first kappa shape index (κ1) is 12.0. The molecule has 1 fully saturated rings. The first-order valence-corrected chi connectivity index (χ1v) is 6.22. The summed E-state index contributed by atoms with van der Waals surface area (Å²) in [7, 11) is 0. The van der Waals surface area contributed by atoms with Crippen molar-refractivity contribution in [3.63, 3.8) is 0 Å². The van der Waals surface area contributed by atoms with Crippen molar-refractivity contribution >= 4 is 0 Å². The molecule has 14 heavy (non-hydrogen) atoms. The van der Waals surface area contributed by atoms with Gasteiger partial charge in [-0.05, 0) is 38.3 Å². The average Bonchev–Trinajstić information content (AvgIpc) is 2.59. The fourth-order valence-corrected chi connectivity index (χ4v) is 2.36. The van der Waals surface area contributed by atoms with Crippen molar-refractivity contribution in [2.24, 2.45) is 5.92 Å². The number of hydrogen-bond acceptors (Lipinski definition) is 2. The fraction of sp³-hybridized carbons (Fsp3) is 1.00. The zero-order chi connectivity index (χ0) is 10.4. The third-order valence-electron chi connectivity index (χ3n) is 3.45. The van der Waals surface area contributed by atoms with Gasteiger partial charge in [0.05, 0.1) is 0 Å². The first-order chi connectivity index (χ1) is 6.76. The van der Waals surface area contributed by atoms with E-state index in [0.29, 0.717) is 0 Å². The van der Waals surface area contributed by atoms with Gasteiger partial charge in [-0.1, -0.05) is 20.8 Å². The lowest BCUT2D eigenvalue weighted by Crippen LogP contribution is -2.36. The number of hydrogen-bond donors (Lipinski definition) is 1. The second kappa shape index (κ2) is 6.41. The van der Waals surface area contributed by atoms with Gasteiger partial charge >= 0.3 is 0 Å². The summed E-state index contributed by atoms with van der Waals surface area (Å²) in [6, 6.07) is 0.806. The van der Waals surface area contributed by atoms with E-state index < -0.39 is 0 Å². The molecule has 0 aliphatic heterocycles. The molecule has 84 valence electrons. The minimum absolute atomic E-state index is 0.806. The number of rotatable bonds is 6. The normalized spacial score (nSPS) is 27.4. The quantitative estimate of drug-likeness (QED) is 0.703. The highest BCUT2D eigenvalue weighted by atomic mass is 15.1. The Morgan fingerprint density at radius 2 is 1.93 bits per heavy atom. The first-order valence-electron chi connectivity index (χ1n) is 6.22. The SMILES string of the molecule is CCN(CC)CCN[C@H]1CC[C@@H](C)C1. The third kappa shape index (κ3) is 3.97. The van der Waals surface area contributed by atoms with Crippen LogP contribution in [0.1, 0.15) is 40.0 Å². The Kier molecular flexibility index (Phi) is 5.49. The minimum atomic E-state index is 0.806. The van der Waals surface area contributed by atoms with E-state index in [4.69, 9.17) is 0 Å². The minimum Gasteiger partial charge on any atom is -0.313 e. The topological polar surface area (TPSA) is 15.3 Å².